The van der Waals surface area contributed by atoms with Crippen LogP contribution in [0.5, 0.6) is 0 Å². The Balaban J connectivity index is 1.62. The Hall–Kier alpha value is -2.22. The lowest BCUT2D eigenvalue weighted by Crippen LogP contribution is -2.55. The Bertz CT molecular complexity index is 987. The second kappa shape index (κ2) is 10.2. The van der Waals surface area contributed by atoms with Crippen molar-refractivity contribution in [3.63, 3.8) is 0 Å². The molecule has 0 spiro atoms. The summed E-state index contributed by atoms with van der Waals surface area (Å²) < 4.78 is 42.8. The number of nitrogens with one attached hydrogen (secondary N) is 1. The summed E-state index contributed by atoms with van der Waals surface area (Å²) in [4.78, 5) is 40.6. The largest absolute Gasteiger partial charge is 0.449 e. The molecule has 1 amide bonds. The number of carbonyl (C=O) groups excluding carboxylic acids is 2. The molecule has 11 nitrogen and oxygen atoms in total. The number of nitrogens with zero attached hydrogens (tertiary/aromatic N) is 2. The lowest BCUT2D eigenvalue weighted by atomic mass is 9.84. The molecule has 4 atom stereocenters. The highest BCUT2D eigenvalue weighted by Gasteiger charge is 2.50. The summed E-state index contributed by atoms with van der Waals surface area (Å²) in [6.45, 7) is 10.9. The highest BCUT2D eigenvalue weighted by molar-refractivity contribution is 7.99. The van der Waals surface area contributed by atoms with Crippen LogP contribution < -0.4 is 11.0 Å². The number of esters is 1. The molecule has 2 fully saturated rings. The van der Waals surface area contributed by atoms with E-state index in [0.717, 1.165) is 22.5 Å². The molecule has 0 aliphatic carbocycles. The van der Waals surface area contributed by atoms with Crippen LogP contribution in [0.2, 0.25) is 0 Å². The summed E-state index contributed by atoms with van der Waals surface area (Å²) in [5.74, 6) is -2.60. The minimum absolute atomic E-state index is 0.0893. The number of thioether (sulfide) groups is 1. The Labute approximate surface area is 200 Å². The van der Waals surface area contributed by atoms with Gasteiger partial charge in [-0.3, -0.25) is 14.7 Å². The molecular weight excluding hydrogens is 473 g/mol. The zero-order valence-corrected chi connectivity index (χ0v) is 20.8. The number of halogens is 1. The number of aromatic nitrogens is 2. The monoisotopic (exact) mass is 503 g/mol. The van der Waals surface area contributed by atoms with Crippen molar-refractivity contribution in [3.8, 4) is 0 Å². The van der Waals surface area contributed by atoms with Gasteiger partial charge in [0.25, 0.3) is 5.62 Å². The van der Waals surface area contributed by atoms with E-state index in [9.17, 15) is 18.8 Å². The molecule has 2 saturated heterocycles. The molecule has 3 rings (SSSR count). The van der Waals surface area contributed by atoms with Gasteiger partial charge in [-0.15, -0.1) is 0 Å². The van der Waals surface area contributed by atoms with Gasteiger partial charge in [-0.1, -0.05) is 25.6 Å². The molecule has 13 heteroatoms. The van der Waals surface area contributed by atoms with Gasteiger partial charge in [0.05, 0.1) is 25.5 Å². The Morgan fingerprint density at radius 3 is 2.74 bits per heavy atom. The van der Waals surface area contributed by atoms with Crippen LogP contribution in [0.25, 0.3) is 0 Å². The van der Waals surface area contributed by atoms with E-state index in [0.29, 0.717) is 0 Å². The molecule has 34 heavy (non-hydrogen) atoms. The summed E-state index contributed by atoms with van der Waals surface area (Å²) >= 11 is 1.13. The van der Waals surface area contributed by atoms with Gasteiger partial charge in [-0.2, -0.15) is 4.98 Å². The first-order chi connectivity index (χ1) is 15.8. The van der Waals surface area contributed by atoms with E-state index in [2.05, 4.69) is 10.3 Å². The van der Waals surface area contributed by atoms with Crippen LogP contribution in [0.4, 0.5) is 15.0 Å². The van der Waals surface area contributed by atoms with Crippen LogP contribution in [-0.2, 0) is 28.5 Å². The number of amides is 1. The maximum absolute atomic E-state index is 14.5. The van der Waals surface area contributed by atoms with E-state index >= 15 is 0 Å². The molecule has 0 bridgehead atoms. The standard InChI is InChI=1S/C21H30FN3O8S/c1-11(2)8-29-18(28)24-15-13(22)7-25(17(27)23-15)14-9-34-19(31-14)32-16(26)21(6)10-30-20(4,5)33-12(21)3/h7,11-12,14,19H,8-10H2,1-6H3,(H,23,24,27,28)/t12?,14-,19+,21?/m1/s1. The predicted molar refractivity (Wildman–Crippen MR) is 119 cm³/mol. The summed E-state index contributed by atoms with van der Waals surface area (Å²) in [7, 11) is 0. The van der Waals surface area contributed by atoms with Gasteiger partial charge >= 0.3 is 17.8 Å². The smallest absolute Gasteiger partial charge is 0.412 e. The normalized spacial score (nSPS) is 28.5. The molecule has 2 aliphatic rings. The van der Waals surface area contributed by atoms with Gasteiger partial charge in [-0.25, -0.2) is 14.0 Å². The maximum Gasteiger partial charge on any atom is 0.412 e. The highest BCUT2D eigenvalue weighted by atomic mass is 32.2. The van der Waals surface area contributed by atoms with Crippen LogP contribution >= 0.6 is 11.8 Å². The number of hydrogen-bond acceptors (Lipinski definition) is 10. The average molecular weight is 504 g/mol. The van der Waals surface area contributed by atoms with E-state index in [1.54, 1.807) is 27.7 Å². The molecule has 2 unspecified atom stereocenters. The summed E-state index contributed by atoms with van der Waals surface area (Å²) in [6.07, 6.45) is -1.45. The van der Waals surface area contributed by atoms with Gasteiger partial charge in [0.2, 0.25) is 0 Å². The van der Waals surface area contributed by atoms with Crippen LogP contribution in [0.3, 0.4) is 0 Å². The van der Waals surface area contributed by atoms with Crippen molar-refractivity contribution in [2.75, 3.05) is 24.3 Å². The third-order valence-corrected chi connectivity index (χ3v) is 6.33. The highest BCUT2D eigenvalue weighted by Crippen LogP contribution is 2.39. The molecule has 1 aromatic rings. The number of rotatable bonds is 6. The second-order valence-electron chi connectivity index (χ2n) is 9.23. The van der Waals surface area contributed by atoms with Crippen LogP contribution in [0.15, 0.2) is 11.0 Å². The third-order valence-electron chi connectivity index (χ3n) is 5.38. The van der Waals surface area contributed by atoms with Crippen molar-refractivity contribution >= 4 is 29.6 Å². The zero-order chi connectivity index (χ0) is 25.3. The van der Waals surface area contributed by atoms with Crippen molar-refractivity contribution in [2.24, 2.45) is 11.3 Å². The van der Waals surface area contributed by atoms with Crippen LogP contribution in [0.1, 0.15) is 47.8 Å². The van der Waals surface area contributed by atoms with Crippen LogP contribution in [-0.4, -0.2) is 58.1 Å². The first-order valence-corrected chi connectivity index (χ1v) is 11.9. The number of ether oxygens (including phenoxy) is 5. The Kier molecular flexibility index (Phi) is 7.90. The summed E-state index contributed by atoms with van der Waals surface area (Å²) in [6, 6.07) is 0. The van der Waals surface area contributed by atoms with Crippen molar-refractivity contribution in [2.45, 2.75) is 65.3 Å². The van der Waals surface area contributed by atoms with Gasteiger partial charge in [-0.05, 0) is 33.6 Å². The molecule has 0 saturated carbocycles. The minimum Gasteiger partial charge on any atom is -0.449 e. The molecular formula is C21H30FN3O8S. The molecule has 3 heterocycles. The fourth-order valence-electron chi connectivity index (χ4n) is 3.17. The topological polar surface area (TPSA) is 127 Å². The van der Waals surface area contributed by atoms with E-state index in [1.807, 2.05) is 13.8 Å². The van der Waals surface area contributed by atoms with E-state index in [1.165, 1.54) is 0 Å². The van der Waals surface area contributed by atoms with Gasteiger partial charge in [0.1, 0.15) is 5.41 Å². The lowest BCUT2D eigenvalue weighted by molar-refractivity contribution is -0.309. The third kappa shape index (κ3) is 6.06. The predicted octanol–water partition coefficient (Wildman–Crippen LogP) is 2.85. The Morgan fingerprint density at radius 1 is 1.38 bits per heavy atom. The molecule has 0 aromatic carbocycles. The van der Waals surface area contributed by atoms with Crippen molar-refractivity contribution < 1.29 is 37.7 Å². The molecule has 2 aliphatic heterocycles. The average Bonchev–Trinajstić information content (AvgIpc) is 3.19. The van der Waals surface area contributed by atoms with E-state index in [-0.39, 0.29) is 24.9 Å². The maximum atomic E-state index is 14.5. The SMILES string of the molecule is CC(C)COC(=O)Nc1nc(=O)n([C@H]2CS[C@H](OC(=O)C3(C)COC(C)(C)OC3C)O2)cc1F. The molecule has 1 aromatic heterocycles. The van der Waals surface area contributed by atoms with Crippen LogP contribution in [0, 0.1) is 17.2 Å². The van der Waals surface area contributed by atoms with E-state index in [4.69, 9.17) is 23.7 Å². The summed E-state index contributed by atoms with van der Waals surface area (Å²) in [5.41, 5.74) is -2.93. The molecule has 0 radical (unpaired) electrons. The lowest BCUT2D eigenvalue weighted by Gasteiger charge is -2.44. The Morgan fingerprint density at radius 2 is 2.09 bits per heavy atom. The molecule has 1 N–H and O–H groups in total. The quantitative estimate of drug-likeness (QED) is 0.579. The van der Waals surface area contributed by atoms with Gasteiger partial charge < -0.3 is 23.7 Å². The number of carbonyl (C=O) groups is 2. The van der Waals surface area contributed by atoms with Gasteiger partial charge in [0.15, 0.2) is 23.7 Å². The van der Waals surface area contributed by atoms with Crippen molar-refractivity contribution in [3.05, 3.63) is 22.5 Å². The zero-order valence-electron chi connectivity index (χ0n) is 20.0. The fourth-order valence-corrected chi connectivity index (χ4v) is 4.09. The number of anilines is 1. The first kappa shape index (κ1) is 26.4. The first-order valence-electron chi connectivity index (χ1n) is 10.8. The van der Waals surface area contributed by atoms with Gasteiger partial charge in [0, 0.05) is 5.75 Å². The van der Waals surface area contributed by atoms with Crippen molar-refractivity contribution in [1.29, 1.82) is 0 Å². The molecule has 190 valence electrons. The number of hydrogen-bond donors (Lipinski definition) is 1. The second-order valence-corrected chi connectivity index (χ2v) is 10.3. The van der Waals surface area contributed by atoms with Crippen molar-refractivity contribution in [1.82, 2.24) is 9.55 Å². The van der Waals surface area contributed by atoms with E-state index < -0.39 is 58.5 Å². The fraction of sp³-hybridized carbons (Fsp3) is 0.714. The minimum atomic E-state index is -1.06. The summed E-state index contributed by atoms with van der Waals surface area (Å²) in [5, 5.41) is 2.11.